The van der Waals surface area contributed by atoms with Crippen LogP contribution in [-0.4, -0.2) is 0 Å². The average molecular weight is 58.1 g/mol. The van der Waals surface area contributed by atoms with E-state index in [1.165, 1.54) is 0 Å². The summed E-state index contributed by atoms with van der Waals surface area (Å²) in [7, 11) is 0. The normalized spacial score (nSPS) is 7.50. The number of rotatable bonds is 1. The molecular formula is C3H8N-. The summed E-state index contributed by atoms with van der Waals surface area (Å²) in [4.78, 5) is 0. The van der Waals surface area contributed by atoms with E-state index in [2.05, 4.69) is 0 Å². The molecule has 0 atom stereocenters. The third-order valence-corrected chi connectivity index (χ3v) is 0.236. The van der Waals surface area contributed by atoms with Gasteiger partial charge in [0.25, 0.3) is 0 Å². The summed E-state index contributed by atoms with van der Waals surface area (Å²) in [6.07, 6.45) is 0.972. The Hall–Kier alpha value is -0.0400. The van der Waals surface area contributed by atoms with Gasteiger partial charge in [-0.1, -0.05) is 6.92 Å². The Labute approximate surface area is 26.8 Å². The minimum atomic E-state index is 0.972. The van der Waals surface area contributed by atoms with E-state index < -0.39 is 0 Å². The van der Waals surface area contributed by atoms with Gasteiger partial charge in [-0.15, -0.1) is 0 Å². The molecule has 0 aromatic rings. The third kappa shape index (κ3) is 1.96. The second-order valence-electron chi connectivity index (χ2n) is 0.644. The van der Waals surface area contributed by atoms with Crippen LogP contribution in [0.1, 0.15) is 13.3 Å². The van der Waals surface area contributed by atoms with Crippen molar-refractivity contribution < 1.29 is 0 Å². The SMILES string of the molecule is CC[CH-]N. The molecule has 26 valence electrons. The molecule has 0 aromatic heterocycles. The molecule has 0 saturated heterocycles. The number of hydrogen-bond acceptors (Lipinski definition) is 1. The fourth-order valence-corrected chi connectivity index (χ4v) is 0. The molecular weight excluding hydrogens is 50.0 g/mol. The Balaban J connectivity index is 1.97. The molecule has 0 aromatic carbocycles. The second kappa shape index (κ2) is 2.96. The molecule has 0 amide bonds. The van der Waals surface area contributed by atoms with Gasteiger partial charge in [0.2, 0.25) is 0 Å². The predicted octanol–water partition coefficient (Wildman–Crippen LogP) is 0.517. The molecule has 0 spiro atoms. The Bertz CT molecular complexity index is 5.25. The fourth-order valence-electron chi connectivity index (χ4n) is 0. The molecule has 1 heteroatoms. The minimum Gasteiger partial charge on any atom is -0.483 e. The van der Waals surface area contributed by atoms with Crippen molar-refractivity contribution in [3.05, 3.63) is 6.54 Å². The molecule has 1 nitrogen and oxygen atoms in total. The van der Waals surface area contributed by atoms with Crippen molar-refractivity contribution in [2.24, 2.45) is 5.73 Å². The summed E-state index contributed by atoms with van der Waals surface area (Å²) in [5.41, 5.74) is 4.90. The highest BCUT2D eigenvalue weighted by Gasteiger charge is 1.39. The highest BCUT2D eigenvalue weighted by Crippen LogP contribution is 1.65. The van der Waals surface area contributed by atoms with Crippen LogP contribution >= 0.6 is 0 Å². The van der Waals surface area contributed by atoms with E-state index >= 15 is 0 Å². The molecule has 2 N–H and O–H groups in total. The van der Waals surface area contributed by atoms with Crippen LogP contribution in [0.3, 0.4) is 0 Å². The maximum atomic E-state index is 4.90. The molecule has 0 aliphatic rings. The van der Waals surface area contributed by atoms with Crippen molar-refractivity contribution in [3.8, 4) is 0 Å². The van der Waals surface area contributed by atoms with Crippen LogP contribution in [0, 0.1) is 6.54 Å². The second-order valence-corrected chi connectivity index (χ2v) is 0.644. The zero-order valence-corrected chi connectivity index (χ0v) is 2.86. The molecule has 0 aliphatic carbocycles. The largest absolute Gasteiger partial charge is 0.483 e. The van der Waals surface area contributed by atoms with Crippen LogP contribution in [0.5, 0.6) is 0 Å². The third-order valence-electron chi connectivity index (χ3n) is 0.236. The predicted molar refractivity (Wildman–Crippen MR) is 18.8 cm³/mol. The Morgan fingerprint density at radius 1 is 2.00 bits per heavy atom. The van der Waals surface area contributed by atoms with Gasteiger partial charge in [-0.3, -0.25) is 6.54 Å². The molecule has 0 rings (SSSR count). The first-order chi connectivity index (χ1) is 1.91. The van der Waals surface area contributed by atoms with Gasteiger partial charge < -0.3 is 5.73 Å². The first kappa shape index (κ1) is 3.96. The van der Waals surface area contributed by atoms with E-state index in [1.54, 1.807) is 6.54 Å². The summed E-state index contributed by atoms with van der Waals surface area (Å²) >= 11 is 0. The lowest BCUT2D eigenvalue weighted by molar-refractivity contribution is 1.06. The summed E-state index contributed by atoms with van der Waals surface area (Å²) in [6, 6.07) is 0. The fraction of sp³-hybridized carbons (Fsp3) is 0.667. The number of hydrogen-bond donors (Lipinski definition) is 1. The smallest absolute Gasteiger partial charge is 0.0915 e. The van der Waals surface area contributed by atoms with Gasteiger partial charge in [-0.05, 0) is 0 Å². The highest BCUT2D eigenvalue weighted by atomic mass is 14.5. The molecule has 4 heavy (non-hydrogen) atoms. The molecule has 0 heterocycles. The van der Waals surface area contributed by atoms with Gasteiger partial charge in [-0.25, -0.2) is 0 Å². The van der Waals surface area contributed by atoms with Gasteiger partial charge in [0.15, 0.2) is 0 Å². The monoisotopic (exact) mass is 58.1 g/mol. The summed E-state index contributed by atoms with van der Waals surface area (Å²) in [5.74, 6) is 0. The first-order valence-electron chi connectivity index (χ1n) is 1.45. The van der Waals surface area contributed by atoms with E-state index in [1.807, 2.05) is 6.92 Å². The molecule has 0 saturated carbocycles. The van der Waals surface area contributed by atoms with Crippen molar-refractivity contribution in [1.29, 1.82) is 0 Å². The van der Waals surface area contributed by atoms with E-state index in [0.29, 0.717) is 0 Å². The summed E-state index contributed by atoms with van der Waals surface area (Å²) < 4.78 is 0. The summed E-state index contributed by atoms with van der Waals surface area (Å²) in [6.45, 7) is 3.62. The molecule has 0 radical (unpaired) electrons. The van der Waals surface area contributed by atoms with E-state index in [-0.39, 0.29) is 0 Å². The Kier molecular flexibility index (Phi) is 2.93. The molecule has 0 unspecified atom stereocenters. The lowest BCUT2D eigenvalue weighted by Gasteiger charge is -1.87. The lowest BCUT2D eigenvalue weighted by atomic mass is 10.5. The van der Waals surface area contributed by atoms with Gasteiger partial charge in [-0.2, -0.15) is 6.42 Å². The van der Waals surface area contributed by atoms with Gasteiger partial charge >= 0.3 is 0 Å². The average Bonchev–Trinajstić information content (AvgIpc) is 1.37. The van der Waals surface area contributed by atoms with Crippen molar-refractivity contribution in [2.45, 2.75) is 13.3 Å². The molecule has 0 bridgehead atoms. The maximum Gasteiger partial charge on any atom is -0.0915 e. The van der Waals surface area contributed by atoms with E-state index in [9.17, 15) is 0 Å². The standard InChI is InChI=1S/C3H8N/c1-2-3-4/h3H,2,4H2,1H3/q-1. The van der Waals surface area contributed by atoms with Crippen LogP contribution < -0.4 is 5.73 Å². The van der Waals surface area contributed by atoms with Crippen LogP contribution in [-0.2, 0) is 0 Å². The van der Waals surface area contributed by atoms with Gasteiger partial charge in [0, 0.05) is 0 Å². The van der Waals surface area contributed by atoms with E-state index in [0.717, 1.165) is 6.42 Å². The van der Waals surface area contributed by atoms with Crippen LogP contribution in [0.4, 0.5) is 0 Å². The van der Waals surface area contributed by atoms with Crippen molar-refractivity contribution in [1.82, 2.24) is 0 Å². The van der Waals surface area contributed by atoms with E-state index in [4.69, 9.17) is 5.73 Å². The minimum absolute atomic E-state index is 0.972. The zero-order chi connectivity index (χ0) is 3.41. The van der Waals surface area contributed by atoms with Crippen LogP contribution in [0.2, 0.25) is 0 Å². The highest BCUT2D eigenvalue weighted by molar-refractivity contribution is 4.42. The first-order valence-corrected chi connectivity index (χ1v) is 1.45. The van der Waals surface area contributed by atoms with Gasteiger partial charge in [0.1, 0.15) is 0 Å². The Morgan fingerprint density at radius 3 is 2.25 bits per heavy atom. The van der Waals surface area contributed by atoms with Crippen molar-refractivity contribution >= 4 is 0 Å². The summed E-state index contributed by atoms with van der Waals surface area (Å²) in [5, 5.41) is 0. The quantitative estimate of drug-likeness (QED) is 0.437. The topological polar surface area (TPSA) is 26.0 Å². The van der Waals surface area contributed by atoms with Crippen LogP contribution in [0.15, 0.2) is 0 Å². The maximum absolute atomic E-state index is 4.90. The lowest BCUT2D eigenvalue weighted by Crippen LogP contribution is -1.83. The molecule has 0 fully saturated rings. The van der Waals surface area contributed by atoms with Crippen molar-refractivity contribution in [2.75, 3.05) is 0 Å². The zero-order valence-electron chi connectivity index (χ0n) is 2.86. The van der Waals surface area contributed by atoms with Crippen molar-refractivity contribution in [3.63, 3.8) is 0 Å². The van der Waals surface area contributed by atoms with Crippen LogP contribution in [0.25, 0.3) is 0 Å². The number of nitrogens with two attached hydrogens (primary N) is 1. The van der Waals surface area contributed by atoms with Gasteiger partial charge in [0.05, 0.1) is 0 Å². The Morgan fingerprint density at radius 2 is 2.25 bits per heavy atom. The molecule has 0 aliphatic heterocycles.